The molecule has 0 spiro atoms. The first-order chi connectivity index (χ1) is 27.8. The number of nitrogen functional groups attached to an aromatic ring is 1. The number of imidazole rings is 1. The number of nitrogens with two attached hydrogens (primary N) is 2. The van der Waals surface area contributed by atoms with Crippen molar-refractivity contribution < 1.29 is 19.1 Å². The van der Waals surface area contributed by atoms with Crippen molar-refractivity contribution >= 4 is 34.8 Å². The van der Waals surface area contributed by atoms with E-state index in [1.807, 2.05) is 48.5 Å². The lowest BCUT2D eigenvalue weighted by Gasteiger charge is -2.26. The molecule has 304 valence electrons. The van der Waals surface area contributed by atoms with Gasteiger partial charge in [0.25, 0.3) is 0 Å². The van der Waals surface area contributed by atoms with Gasteiger partial charge in [0, 0.05) is 31.1 Å². The van der Waals surface area contributed by atoms with Crippen LogP contribution in [0.25, 0.3) is 11.2 Å². The van der Waals surface area contributed by atoms with Gasteiger partial charge in [-0.1, -0.05) is 75.2 Å². The van der Waals surface area contributed by atoms with E-state index in [0.29, 0.717) is 49.2 Å². The quantitative estimate of drug-likeness (QED) is 0.0862. The maximum absolute atomic E-state index is 12.4. The molecule has 0 radical (unpaired) electrons. The summed E-state index contributed by atoms with van der Waals surface area (Å²) in [5.41, 5.74) is 16.7. The van der Waals surface area contributed by atoms with E-state index in [1.54, 1.807) is 12.3 Å². The molecule has 57 heavy (non-hydrogen) atoms. The number of benzene rings is 2. The van der Waals surface area contributed by atoms with Gasteiger partial charge in [0.05, 0.1) is 12.9 Å². The number of aliphatic imine (C=N–C) groups is 1. The molecule has 2 aliphatic carbocycles. The number of carbonyl (C=O) groups excluding carboxylic acids is 2. The second kappa shape index (κ2) is 20.6. The van der Waals surface area contributed by atoms with Crippen molar-refractivity contribution in [3.63, 3.8) is 0 Å². The fraction of sp³-hybridized carbons (Fsp3) is 0.488. The van der Waals surface area contributed by atoms with Gasteiger partial charge in [-0.2, -0.15) is 9.97 Å². The number of nitrogens with one attached hydrogen (secondary N) is 4. The van der Waals surface area contributed by atoms with E-state index in [2.05, 4.69) is 54.7 Å². The number of aromatic amines is 1. The third-order valence-corrected chi connectivity index (χ3v) is 11.4. The van der Waals surface area contributed by atoms with Crippen LogP contribution in [0.1, 0.15) is 100 Å². The van der Waals surface area contributed by atoms with Crippen LogP contribution in [0.2, 0.25) is 0 Å². The summed E-state index contributed by atoms with van der Waals surface area (Å²) in [5, 5.41) is 9.16. The number of hydrogen-bond acceptors (Lipinski definition) is 11. The van der Waals surface area contributed by atoms with Crippen molar-refractivity contribution in [2.24, 2.45) is 34.4 Å². The molecule has 7 rings (SSSR count). The van der Waals surface area contributed by atoms with Gasteiger partial charge < -0.3 is 41.9 Å². The van der Waals surface area contributed by atoms with Crippen LogP contribution in [0.4, 0.5) is 5.95 Å². The van der Waals surface area contributed by atoms with Crippen LogP contribution in [-0.2, 0) is 40.6 Å². The zero-order valence-corrected chi connectivity index (χ0v) is 33.2. The molecular formula is C43H58N10O4. The first-order valence-electron chi connectivity index (χ1n) is 20.4. The average Bonchev–Trinajstić information content (AvgIpc) is 3.73. The van der Waals surface area contributed by atoms with Crippen LogP contribution in [0.15, 0.2) is 72.1 Å². The van der Waals surface area contributed by atoms with Crippen molar-refractivity contribution in [1.82, 2.24) is 35.9 Å². The van der Waals surface area contributed by atoms with Gasteiger partial charge in [0.1, 0.15) is 18.0 Å². The molecule has 14 heteroatoms. The Kier molecular flexibility index (Phi) is 14.9. The van der Waals surface area contributed by atoms with E-state index < -0.39 is 6.35 Å². The molecule has 3 heterocycles. The van der Waals surface area contributed by atoms with Crippen molar-refractivity contribution in [2.45, 2.75) is 111 Å². The first-order valence-corrected chi connectivity index (χ1v) is 20.4. The number of hydrogen-bond donors (Lipinski definition) is 6. The number of aromatic nitrogens is 4. The molecule has 1 unspecified atom stereocenters. The zero-order chi connectivity index (χ0) is 40.0. The van der Waals surface area contributed by atoms with Crippen LogP contribution < -0.4 is 32.2 Å². The number of amidine groups is 1. The molecule has 2 saturated carbocycles. The molecule has 0 bridgehead atoms. The molecule has 0 saturated heterocycles. The Morgan fingerprint density at radius 3 is 1.79 bits per heavy atom. The summed E-state index contributed by atoms with van der Waals surface area (Å²) in [6, 6.07) is 16.1. The number of fused-ring (bicyclic) bond motifs is 1. The van der Waals surface area contributed by atoms with Crippen molar-refractivity contribution in [1.29, 1.82) is 0 Å². The molecule has 14 nitrogen and oxygen atoms in total. The van der Waals surface area contributed by atoms with Crippen LogP contribution >= 0.6 is 0 Å². The molecule has 2 aromatic heterocycles. The van der Waals surface area contributed by atoms with Gasteiger partial charge in [-0.25, -0.2) is 9.98 Å². The first kappa shape index (κ1) is 41.1. The molecule has 2 aromatic carbocycles. The largest absolute Gasteiger partial charge is 0.471 e. The lowest BCUT2D eigenvalue weighted by molar-refractivity contribution is -0.127. The fourth-order valence-electron chi connectivity index (χ4n) is 7.61. The van der Waals surface area contributed by atoms with Crippen LogP contribution in [-0.4, -0.2) is 43.9 Å². The summed E-state index contributed by atoms with van der Waals surface area (Å²) in [6.07, 6.45) is 15.8. The van der Waals surface area contributed by atoms with Crippen molar-refractivity contribution in [2.75, 3.05) is 5.73 Å². The SMILES string of the molecule is CCC1CCC(C(=O)NCc2ccc(COC3N=C(N)C=CN3)cc2)CC1.CCC1CCC(C(=O)NCc2ccc(COc3nc(N)nc4nc[nH]c34)cc2)CC1. The Morgan fingerprint density at radius 2 is 1.26 bits per heavy atom. The van der Waals surface area contributed by atoms with Crippen molar-refractivity contribution in [3.8, 4) is 5.88 Å². The number of ether oxygens (including phenoxy) is 2. The third kappa shape index (κ3) is 12.2. The highest BCUT2D eigenvalue weighted by Crippen LogP contribution is 2.32. The maximum atomic E-state index is 12.4. The second-order valence-electron chi connectivity index (χ2n) is 15.3. The Hall–Kier alpha value is -5.50. The summed E-state index contributed by atoms with van der Waals surface area (Å²) in [6.45, 7) is 6.38. The zero-order valence-electron chi connectivity index (χ0n) is 33.2. The highest BCUT2D eigenvalue weighted by molar-refractivity contribution is 5.91. The van der Waals surface area contributed by atoms with E-state index in [0.717, 1.165) is 59.8 Å². The van der Waals surface area contributed by atoms with E-state index in [4.69, 9.17) is 20.9 Å². The summed E-state index contributed by atoms with van der Waals surface area (Å²) in [4.78, 5) is 44.2. The van der Waals surface area contributed by atoms with Gasteiger partial charge in [-0.3, -0.25) is 9.59 Å². The number of anilines is 1. The minimum atomic E-state index is -0.447. The van der Waals surface area contributed by atoms with Crippen LogP contribution in [0, 0.1) is 23.7 Å². The van der Waals surface area contributed by atoms with Crippen molar-refractivity contribution in [3.05, 3.63) is 89.4 Å². The molecule has 1 aliphatic heterocycles. The monoisotopic (exact) mass is 778 g/mol. The topological polar surface area (TPSA) is 208 Å². The second-order valence-corrected chi connectivity index (χ2v) is 15.3. The number of nitrogens with zero attached hydrogens (tertiary/aromatic N) is 4. The summed E-state index contributed by atoms with van der Waals surface area (Å²) in [5.74, 6) is 3.30. The Labute approximate surface area is 335 Å². The predicted molar refractivity (Wildman–Crippen MR) is 221 cm³/mol. The minimum absolute atomic E-state index is 0.124. The summed E-state index contributed by atoms with van der Waals surface area (Å²) in [7, 11) is 0. The standard InChI is InChI=1S/C22H28N6O2.C21H30N4O2/c1-2-14-7-9-17(10-8-14)20(29)24-11-15-3-5-16(6-4-15)12-30-21-18-19(26-13-25-18)27-22(23)28-21;1-2-15-7-9-18(10-8-15)20(26)24-13-16-3-5-17(6-4-16)14-27-21-23-12-11-19(22)25-21/h3-6,13-14,17H,2,7-12H2,1H3,(H,24,29)(H3,23,25,26,27,28);3-6,11-12,15,18,21,23H,2,7-10,13-14H2,1H3,(H2,22,25)(H,24,26). The summed E-state index contributed by atoms with van der Waals surface area (Å²) >= 11 is 0. The molecule has 8 N–H and O–H groups in total. The Morgan fingerprint density at radius 1 is 0.737 bits per heavy atom. The van der Waals surface area contributed by atoms with Gasteiger partial charge in [0.2, 0.25) is 30.0 Å². The lowest BCUT2D eigenvalue weighted by atomic mass is 9.80. The van der Waals surface area contributed by atoms with E-state index in [9.17, 15) is 9.59 Å². The maximum Gasteiger partial charge on any atom is 0.245 e. The molecule has 1 atom stereocenters. The number of carbonyl (C=O) groups is 2. The van der Waals surface area contributed by atoms with Gasteiger partial charge >= 0.3 is 0 Å². The Bertz CT molecular complexity index is 1950. The van der Waals surface area contributed by atoms with Gasteiger partial charge in [0.15, 0.2) is 5.65 Å². The highest BCUT2D eigenvalue weighted by Gasteiger charge is 2.26. The number of H-pyrrole nitrogens is 1. The molecule has 3 aliphatic rings. The smallest absolute Gasteiger partial charge is 0.245 e. The average molecular weight is 779 g/mol. The molecule has 2 fully saturated rings. The number of amides is 2. The van der Waals surface area contributed by atoms with Crippen LogP contribution in [0.5, 0.6) is 5.88 Å². The predicted octanol–water partition coefficient (Wildman–Crippen LogP) is 6.14. The van der Waals surface area contributed by atoms with E-state index in [1.165, 1.54) is 44.9 Å². The molecular weight excluding hydrogens is 721 g/mol. The van der Waals surface area contributed by atoms with Gasteiger partial charge in [-0.05, 0) is 91.5 Å². The van der Waals surface area contributed by atoms with Crippen LogP contribution in [0.3, 0.4) is 0 Å². The Balaban J connectivity index is 0.000000194. The molecule has 2 amide bonds. The number of rotatable bonds is 14. The van der Waals surface area contributed by atoms with E-state index >= 15 is 0 Å². The molecule has 4 aromatic rings. The normalized spacial score (nSPS) is 21.7. The highest BCUT2D eigenvalue weighted by atomic mass is 16.5. The fourth-order valence-corrected chi connectivity index (χ4v) is 7.61. The third-order valence-electron chi connectivity index (χ3n) is 11.4. The minimum Gasteiger partial charge on any atom is -0.471 e. The van der Waals surface area contributed by atoms with Gasteiger partial charge in [-0.15, -0.1) is 0 Å². The lowest BCUT2D eigenvalue weighted by Crippen LogP contribution is -2.32. The summed E-state index contributed by atoms with van der Waals surface area (Å²) < 4.78 is 11.5. The van der Waals surface area contributed by atoms with E-state index in [-0.39, 0.29) is 29.6 Å².